The van der Waals surface area contributed by atoms with E-state index in [1.165, 1.54) is 12.1 Å². The molecule has 0 saturated carbocycles. The molecule has 1 unspecified atom stereocenters. The lowest BCUT2D eigenvalue weighted by molar-refractivity contribution is 0.0903. The van der Waals surface area contributed by atoms with E-state index in [0.29, 0.717) is 18.8 Å². The number of benzene rings is 1. The molecule has 0 aliphatic carbocycles. The molecule has 0 radical (unpaired) electrons. The highest BCUT2D eigenvalue weighted by Crippen LogP contribution is 2.21. The van der Waals surface area contributed by atoms with Crippen LogP contribution in [0.25, 0.3) is 0 Å². The molecule has 28 heavy (non-hydrogen) atoms. The van der Waals surface area contributed by atoms with Crippen LogP contribution in [0, 0.1) is 5.82 Å². The van der Waals surface area contributed by atoms with Crippen molar-refractivity contribution in [1.29, 1.82) is 0 Å². The predicted octanol–water partition coefficient (Wildman–Crippen LogP) is 3.82. The van der Waals surface area contributed by atoms with E-state index in [1.54, 1.807) is 29.1 Å². The second-order valence-corrected chi connectivity index (χ2v) is 7.78. The van der Waals surface area contributed by atoms with Gasteiger partial charge in [-0.25, -0.2) is 4.39 Å². The van der Waals surface area contributed by atoms with Crippen LogP contribution in [-0.4, -0.2) is 34.8 Å². The summed E-state index contributed by atoms with van der Waals surface area (Å²) in [5.41, 5.74) is 0.838. The Labute approximate surface area is 170 Å². The summed E-state index contributed by atoms with van der Waals surface area (Å²) in [5, 5.41) is 7.21. The molecule has 1 aliphatic rings. The molecule has 1 atom stereocenters. The standard InChI is InChI=1S/C20H20BrFN4O2/c21-14-10-23-26(11-14)13-18-6-7-19(28-18)20(27)24-16-4-2-8-25(12-16)17-5-1-3-15(22)9-17/h1,3,5-7,9-11,16H,2,4,8,12-13H2,(H,24,27). The van der Waals surface area contributed by atoms with E-state index in [2.05, 4.69) is 31.2 Å². The Balaban J connectivity index is 1.36. The van der Waals surface area contributed by atoms with Gasteiger partial charge in [0.05, 0.1) is 17.2 Å². The zero-order valence-corrected chi connectivity index (χ0v) is 16.7. The molecular formula is C20H20BrFN4O2. The fourth-order valence-electron chi connectivity index (χ4n) is 3.43. The molecule has 3 heterocycles. The van der Waals surface area contributed by atoms with Crippen molar-refractivity contribution in [3.8, 4) is 0 Å². The fourth-order valence-corrected chi connectivity index (χ4v) is 3.76. The Morgan fingerprint density at radius 3 is 3.04 bits per heavy atom. The highest BCUT2D eigenvalue weighted by Gasteiger charge is 2.23. The zero-order valence-electron chi connectivity index (χ0n) is 15.1. The minimum Gasteiger partial charge on any atom is -0.454 e. The van der Waals surface area contributed by atoms with Crippen molar-refractivity contribution in [3.63, 3.8) is 0 Å². The number of amides is 1. The minimum absolute atomic E-state index is 0.0138. The van der Waals surface area contributed by atoms with Crippen LogP contribution >= 0.6 is 15.9 Å². The maximum atomic E-state index is 13.5. The molecular weight excluding hydrogens is 427 g/mol. The van der Waals surface area contributed by atoms with Gasteiger partial charge in [-0.3, -0.25) is 9.48 Å². The lowest BCUT2D eigenvalue weighted by Crippen LogP contribution is -2.47. The molecule has 1 aliphatic heterocycles. The normalized spacial score (nSPS) is 16.9. The van der Waals surface area contributed by atoms with Gasteiger partial charge >= 0.3 is 0 Å². The van der Waals surface area contributed by atoms with Gasteiger partial charge in [0.25, 0.3) is 5.91 Å². The first-order valence-corrected chi connectivity index (χ1v) is 9.94. The van der Waals surface area contributed by atoms with Gasteiger partial charge in [0.15, 0.2) is 5.76 Å². The molecule has 146 valence electrons. The van der Waals surface area contributed by atoms with Gasteiger partial charge in [0, 0.05) is 31.0 Å². The van der Waals surface area contributed by atoms with Gasteiger partial charge in [0.2, 0.25) is 0 Å². The average Bonchev–Trinajstić information content (AvgIpc) is 3.31. The highest BCUT2D eigenvalue weighted by atomic mass is 79.9. The van der Waals surface area contributed by atoms with E-state index in [4.69, 9.17) is 4.42 Å². The molecule has 1 saturated heterocycles. The quantitative estimate of drug-likeness (QED) is 0.646. The molecule has 2 aromatic heterocycles. The smallest absolute Gasteiger partial charge is 0.287 e. The van der Waals surface area contributed by atoms with Gasteiger partial charge < -0.3 is 14.6 Å². The Morgan fingerprint density at radius 2 is 2.25 bits per heavy atom. The number of carbonyl (C=O) groups is 1. The van der Waals surface area contributed by atoms with E-state index in [9.17, 15) is 9.18 Å². The van der Waals surface area contributed by atoms with Crippen LogP contribution < -0.4 is 10.2 Å². The van der Waals surface area contributed by atoms with Crippen LogP contribution in [0.15, 0.2) is 57.7 Å². The van der Waals surface area contributed by atoms with Crippen molar-refractivity contribution in [3.05, 3.63) is 70.6 Å². The molecule has 1 amide bonds. The molecule has 0 spiro atoms. The number of nitrogens with zero attached hydrogens (tertiary/aromatic N) is 3. The van der Waals surface area contributed by atoms with Gasteiger partial charge in [-0.2, -0.15) is 5.10 Å². The van der Waals surface area contributed by atoms with Gasteiger partial charge in [-0.05, 0) is 59.1 Å². The average molecular weight is 447 g/mol. The largest absolute Gasteiger partial charge is 0.454 e. The fraction of sp³-hybridized carbons (Fsp3) is 0.300. The third kappa shape index (κ3) is 4.44. The summed E-state index contributed by atoms with van der Waals surface area (Å²) in [7, 11) is 0. The molecule has 4 rings (SSSR count). The maximum absolute atomic E-state index is 13.5. The second-order valence-electron chi connectivity index (χ2n) is 6.86. The number of halogens is 2. The lowest BCUT2D eigenvalue weighted by Gasteiger charge is -2.34. The van der Waals surface area contributed by atoms with E-state index in [1.807, 2.05) is 12.3 Å². The number of aromatic nitrogens is 2. The summed E-state index contributed by atoms with van der Waals surface area (Å²) < 4.78 is 21.8. The Hall–Kier alpha value is -2.61. The number of nitrogens with one attached hydrogen (secondary N) is 1. The highest BCUT2D eigenvalue weighted by molar-refractivity contribution is 9.10. The number of hydrogen-bond donors (Lipinski definition) is 1. The van der Waals surface area contributed by atoms with Crippen molar-refractivity contribution in [2.45, 2.75) is 25.4 Å². The van der Waals surface area contributed by atoms with E-state index < -0.39 is 0 Å². The van der Waals surface area contributed by atoms with Gasteiger partial charge in [-0.15, -0.1) is 0 Å². The van der Waals surface area contributed by atoms with Crippen LogP contribution in [0.3, 0.4) is 0 Å². The van der Waals surface area contributed by atoms with Crippen molar-refractivity contribution in [2.75, 3.05) is 18.0 Å². The number of hydrogen-bond acceptors (Lipinski definition) is 4. The SMILES string of the molecule is O=C(NC1CCCN(c2cccc(F)c2)C1)c1ccc(Cn2cc(Br)cn2)o1. The summed E-state index contributed by atoms with van der Waals surface area (Å²) in [6.45, 7) is 1.94. The van der Waals surface area contributed by atoms with Crippen LogP contribution in [0.2, 0.25) is 0 Å². The minimum atomic E-state index is -0.254. The van der Waals surface area contributed by atoms with Gasteiger partial charge in [0.1, 0.15) is 11.6 Å². The Bertz CT molecular complexity index is 971. The third-order valence-electron chi connectivity index (χ3n) is 4.73. The summed E-state index contributed by atoms with van der Waals surface area (Å²) in [6.07, 6.45) is 5.35. The monoisotopic (exact) mass is 446 g/mol. The molecule has 8 heteroatoms. The topological polar surface area (TPSA) is 63.3 Å². The first-order valence-electron chi connectivity index (χ1n) is 9.15. The van der Waals surface area contributed by atoms with E-state index in [-0.39, 0.29) is 23.5 Å². The summed E-state index contributed by atoms with van der Waals surface area (Å²) in [4.78, 5) is 14.7. The Kier molecular flexibility index (Phi) is 5.47. The van der Waals surface area contributed by atoms with Crippen molar-refractivity contribution < 1.29 is 13.6 Å². The first-order chi connectivity index (χ1) is 13.6. The summed E-state index contributed by atoms with van der Waals surface area (Å²) >= 11 is 3.35. The maximum Gasteiger partial charge on any atom is 0.287 e. The first kappa shape index (κ1) is 18.7. The zero-order chi connectivity index (χ0) is 19.5. The van der Waals surface area contributed by atoms with Crippen molar-refractivity contribution in [1.82, 2.24) is 15.1 Å². The van der Waals surface area contributed by atoms with Crippen molar-refractivity contribution in [2.24, 2.45) is 0 Å². The predicted molar refractivity (Wildman–Crippen MR) is 107 cm³/mol. The van der Waals surface area contributed by atoms with Crippen LogP contribution in [-0.2, 0) is 6.54 Å². The number of rotatable bonds is 5. The number of piperidine rings is 1. The molecule has 1 N–H and O–H groups in total. The van der Waals surface area contributed by atoms with Gasteiger partial charge in [-0.1, -0.05) is 6.07 Å². The van der Waals surface area contributed by atoms with E-state index in [0.717, 1.165) is 29.5 Å². The Morgan fingerprint density at radius 1 is 1.36 bits per heavy atom. The van der Waals surface area contributed by atoms with Crippen molar-refractivity contribution >= 4 is 27.5 Å². The lowest BCUT2D eigenvalue weighted by atomic mass is 10.0. The molecule has 1 fully saturated rings. The summed E-state index contributed by atoms with van der Waals surface area (Å²) in [6, 6.07) is 10.00. The number of furan rings is 1. The van der Waals surface area contributed by atoms with E-state index >= 15 is 0 Å². The second kappa shape index (κ2) is 8.18. The van der Waals surface area contributed by atoms with Crippen LogP contribution in [0.4, 0.5) is 10.1 Å². The molecule has 6 nitrogen and oxygen atoms in total. The molecule has 1 aromatic carbocycles. The number of carbonyl (C=O) groups excluding carboxylic acids is 1. The van der Waals surface area contributed by atoms with Crippen LogP contribution in [0.1, 0.15) is 29.2 Å². The van der Waals surface area contributed by atoms with Crippen LogP contribution in [0.5, 0.6) is 0 Å². The third-order valence-corrected chi connectivity index (χ3v) is 5.14. The molecule has 0 bridgehead atoms. The summed E-state index contributed by atoms with van der Waals surface area (Å²) in [5.74, 6) is 0.449. The molecule has 3 aromatic rings. The number of anilines is 1.